The van der Waals surface area contributed by atoms with Crippen LogP contribution in [0.4, 0.5) is 5.69 Å². The van der Waals surface area contributed by atoms with Crippen LogP contribution in [0.3, 0.4) is 0 Å². The van der Waals surface area contributed by atoms with Gasteiger partial charge in [-0.3, -0.25) is 0 Å². The van der Waals surface area contributed by atoms with Gasteiger partial charge in [-0.2, -0.15) is 5.26 Å². The van der Waals surface area contributed by atoms with E-state index < -0.39 is 0 Å². The van der Waals surface area contributed by atoms with Crippen molar-refractivity contribution in [3.05, 3.63) is 17.8 Å². The average Bonchev–Trinajstić information content (AvgIpc) is 2.32. The molecule has 2 unspecified atom stereocenters. The monoisotopic (exact) mass is 231 g/mol. The average molecular weight is 231 g/mol. The normalized spacial score (nSPS) is 24.0. The number of aromatic nitrogens is 1. The number of nitrogens with zero attached hydrogens (tertiary/aromatic N) is 2. The Balaban J connectivity index is 2.06. The van der Waals surface area contributed by atoms with Crippen molar-refractivity contribution in [1.82, 2.24) is 4.98 Å². The van der Waals surface area contributed by atoms with Gasteiger partial charge in [0, 0.05) is 6.20 Å². The molecule has 1 heterocycles. The van der Waals surface area contributed by atoms with Gasteiger partial charge in [0.2, 0.25) is 5.88 Å². The maximum absolute atomic E-state index is 8.72. The molecule has 1 aliphatic rings. The highest BCUT2D eigenvalue weighted by Gasteiger charge is 2.21. The van der Waals surface area contributed by atoms with E-state index >= 15 is 0 Å². The van der Waals surface area contributed by atoms with Crippen LogP contribution < -0.4 is 10.5 Å². The molecule has 1 aromatic heterocycles. The molecule has 1 fully saturated rings. The number of nitriles is 1. The largest absolute Gasteiger partial charge is 0.473 e. The quantitative estimate of drug-likeness (QED) is 0.848. The van der Waals surface area contributed by atoms with Crippen molar-refractivity contribution in [3.63, 3.8) is 0 Å². The predicted molar refractivity (Wildman–Crippen MR) is 65.4 cm³/mol. The minimum atomic E-state index is 0.210. The molecule has 2 rings (SSSR count). The number of pyridine rings is 1. The Hall–Kier alpha value is -1.76. The molecule has 1 saturated carbocycles. The van der Waals surface area contributed by atoms with E-state index in [4.69, 9.17) is 15.7 Å². The zero-order chi connectivity index (χ0) is 12.3. The maximum Gasteiger partial charge on any atom is 0.237 e. The topological polar surface area (TPSA) is 71.9 Å². The lowest BCUT2D eigenvalue weighted by molar-refractivity contribution is 0.125. The molecule has 17 heavy (non-hydrogen) atoms. The van der Waals surface area contributed by atoms with Gasteiger partial charge in [0.15, 0.2) is 0 Å². The van der Waals surface area contributed by atoms with E-state index in [0.29, 0.717) is 23.0 Å². The van der Waals surface area contributed by atoms with E-state index in [0.717, 1.165) is 12.8 Å². The molecular formula is C13H17N3O. The molecule has 4 heteroatoms. The Morgan fingerprint density at radius 3 is 3.00 bits per heavy atom. The molecule has 0 radical (unpaired) electrons. The van der Waals surface area contributed by atoms with Crippen molar-refractivity contribution in [2.75, 3.05) is 5.73 Å². The minimum absolute atomic E-state index is 0.210. The molecule has 0 saturated heterocycles. The van der Waals surface area contributed by atoms with Crippen LogP contribution >= 0.6 is 0 Å². The smallest absolute Gasteiger partial charge is 0.237 e. The Morgan fingerprint density at radius 1 is 1.53 bits per heavy atom. The Kier molecular flexibility index (Phi) is 3.48. The van der Waals surface area contributed by atoms with Crippen LogP contribution in [-0.4, -0.2) is 11.1 Å². The lowest BCUT2D eigenvalue weighted by atomic mass is 9.89. The van der Waals surface area contributed by atoms with Gasteiger partial charge in [-0.25, -0.2) is 4.98 Å². The number of hydrogen-bond acceptors (Lipinski definition) is 4. The summed E-state index contributed by atoms with van der Waals surface area (Å²) in [7, 11) is 0. The molecule has 0 spiro atoms. The molecule has 0 amide bonds. The summed E-state index contributed by atoms with van der Waals surface area (Å²) in [6.07, 6.45) is 6.30. The van der Waals surface area contributed by atoms with Crippen LogP contribution in [0.1, 0.15) is 38.2 Å². The summed E-state index contributed by atoms with van der Waals surface area (Å²) in [6.45, 7) is 2.24. The third-order valence-corrected chi connectivity index (χ3v) is 3.17. The highest BCUT2D eigenvalue weighted by Crippen LogP contribution is 2.28. The van der Waals surface area contributed by atoms with Crippen molar-refractivity contribution in [2.24, 2.45) is 5.92 Å². The van der Waals surface area contributed by atoms with Gasteiger partial charge in [-0.05, 0) is 31.2 Å². The van der Waals surface area contributed by atoms with Crippen molar-refractivity contribution < 1.29 is 4.74 Å². The summed E-state index contributed by atoms with van der Waals surface area (Å²) in [4.78, 5) is 4.10. The van der Waals surface area contributed by atoms with Crippen LogP contribution in [0, 0.1) is 17.2 Å². The van der Waals surface area contributed by atoms with Gasteiger partial charge in [-0.1, -0.05) is 13.3 Å². The second-order valence-electron chi connectivity index (χ2n) is 4.74. The first-order valence-corrected chi connectivity index (χ1v) is 6.01. The molecule has 0 aliphatic heterocycles. The Labute approximate surface area is 101 Å². The van der Waals surface area contributed by atoms with Crippen LogP contribution in [0.15, 0.2) is 12.3 Å². The van der Waals surface area contributed by atoms with Gasteiger partial charge < -0.3 is 10.5 Å². The molecule has 1 aliphatic carbocycles. The zero-order valence-electron chi connectivity index (χ0n) is 10.0. The standard InChI is InChI=1S/C13H17N3O/c1-9-3-2-4-11(5-9)17-13-12(15)6-10(7-14)8-16-13/h6,8-9,11H,2-5,15H2,1H3. The van der Waals surface area contributed by atoms with Crippen LogP contribution in [0.2, 0.25) is 0 Å². The van der Waals surface area contributed by atoms with Crippen LogP contribution in [0.5, 0.6) is 5.88 Å². The van der Waals surface area contributed by atoms with E-state index in [1.165, 1.54) is 19.0 Å². The highest BCUT2D eigenvalue weighted by molar-refractivity contribution is 5.52. The highest BCUT2D eigenvalue weighted by atomic mass is 16.5. The summed E-state index contributed by atoms with van der Waals surface area (Å²) < 4.78 is 5.81. The number of hydrogen-bond donors (Lipinski definition) is 1. The second kappa shape index (κ2) is 5.05. The van der Waals surface area contributed by atoms with Gasteiger partial charge in [0.25, 0.3) is 0 Å². The summed E-state index contributed by atoms with van der Waals surface area (Å²) in [5.74, 6) is 1.16. The van der Waals surface area contributed by atoms with Crippen molar-refractivity contribution in [1.29, 1.82) is 5.26 Å². The minimum Gasteiger partial charge on any atom is -0.473 e. The lowest BCUT2D eigenvalue weighted by Gasteiger charge is -2.27. The lowest BCUT2D eigenvalue weighted by Crippen LogP contribution is -2.24. The third-order valence-electron chi connectivity index (χ3n) is 3.17. The number of rotatable bonds is 2. The van der Waals surface area contributed by atoms with Gasteiger partial charge in [0.05, 0.1) is 11.3 Å². The van der Waals surface area contributed by atoms with E-state index in [9.17, 15) is 0 Å². The summed E-state index contributed by atoms with van der Waals surface area (Å²) in [5.41, 5.74) is 6.72. The summed E-state index contributed by atoms with van der Waals surface area (Å²) >= 11 is 0. The molecule has 4 nitrogen and oxygen atoms in total. The summed E-state index contributed by atoms with van der Waals surface area (Å²) in [6, 6.07) is 3.61. The molecular weight excluding hydrogens is 214 g/mol. The van der Waals surface area contributed by atoms with Gasteiger partial charge in [-0.15, -0.1) is 0 Å². The first-order valence-electron chi connectivity index (χ1n) is 6.01. The fraction of sp³-hybridized carbons (Fsp3) is 0.538. The maximum atomic E-state index is 8.72. The van der Waals surface area contributed by atoms with Crippen molar-refractivity contribution >= 4 is 5.69 Å². The van der Waals surface area contributed by atoms with E-state index in [-0.39, 0.29) is 6.10 Å². The van der Waals surface area contributed by atoms with Crippen LogP contribution in [-0.2, 0) is 0 Å². The number of nitrogen functional groups attached to an aromatic ring is 1. The molecule has 0 bridgehead atoms. The number of anilines is 1. The van der Waals surface area contributed by atoms with Crippen molar-refractivity contribution in [2.45, 2.75) is 38.7 Å². The predicted octanol–water partition coefficient (Wildman–Crippen LogP) is 2.49. The van der Waals surface area contributed by atoms with Gasteiger partial charge in [0.1, 0.15) is 12.2 Å². The van der Waals surface area contributed by atoms with E-state index in [1.54, 1.807) is 6.07 Å². The second-order valence-corrected chi connectivity index (χ2v) is 4.74. The van der Waals surface area contributed by atoms with Gasteiger partial charge >= 0.3 is 0 Å². The zero-order valence-corrected chi connectivity index (χ0v) is 10.0. The SMILES string of the molecule is CC1CCCC(Oc2ncc(C#N)cc2N)C1. The van der Waals surface area contributed by atoms with E-state index in [2.05, 4.69) is 11.9 Å². The fourth-order valence-corrected chi connectivity index (χ4v) is 2.27. The molecule has 0 aromatic carbocycles. The molecule has 1 aromatic rings. The summed E-state index contributed by atoms with van der Waals surface area (Å²) in [5, 5.41) is 8.72. The number of nitrogens with two attached hydrogens (primary N) is 1. The molecule has 2 N–H and O–H groups in total. The number of ether oxygens (including phenoxy) is 1. The van der Waals surface area contributed by atoms with Crippen molar-refractivity contribution in [3.8, 4) is 11.9 Å². The molecule has 90 valence electrons. The first-order chi connectivity index (χ1) is 8.19. The third kappa shape index (κ3) is 2.88. The molecule has 2 atom stereocenters. The Bertz CT molecular complexity index is 439. The Morgan fingerprint density at radius 2 is 2.35 bits per heavy atom. The van der Waals surface area contributed by atoms with E-state index in [1.807, 2.05) is 6.07 Å². The first kappa shape index (κ1) is 11.7. The van der Waals surface area contributed by atoms with Crippen LogP contribution in [0.25, 0.3) is 0 Å². The fourth-order valence-electron chi connectivity index (χ4n) is 2.27.